The van der Waals surface area contributed by atoms with Crippen molar-refractivity contribution < 1.29 is 23.6 Å². The molecule has 0 bridgehead atoms. The van der Waals surface area contributed by atoms with Gasteiger partial charge in [0, 0.05) is 29.7 Å². The summed E-state index contributed by atoms with van der Waals surface area (Å²) in [7, 11) is 0. The molecule has 0 aliphatic rings. The molecule has 0 spiro atoms. The number of nitrogens with zero attached hydrogens (tertiary/aromatic N) is 1. The minimum Gasteiger partial charge on any atom is -0.482 e. The predicted molar refractivity (Wildman–Crippen MR) is 96.5 cm³/mol. The van der Waals surface area contributed by atoms with Gasteiger partial charge >= 0.3 is 11.6 Å². The highest BCUT2D eigenvalue weighted by Gasteiger charge is 2.14. The Morgan fingerprint density at radius 1 is 1.22 bits per heavy atom. The number of ether oxygens (including phenoxy) is 2. The van der Waals surface area contributed by atoms with Gasteiger partial charge in [0.1, 0.15) is 17.1 Å². The highest BCUT2D eigenvalue weighted by molar-refractivity contribution is 6.32. The van der Waals surface area contributed by atoms with Crippen LogP contribution in [-0.4, -0.2) is 17.5 Å². The number of fused-ring (bicyclic) bond motifs is 1. The van der Waals surface area contributed by atoms with Crippen LogP contribution in [0.3, 0.4) is 0 Å². The van der Waals surface area contributed by atoms with E-state index in [-0.39, 0.29) is 16.5 Å². The molecule has 0 fully saturated rings. The second-order valence-corrected chi connectivity index (χ2v) is 5.95. The minimum atomic E-state index is -0.753. The molecule has 0 amide bonds. The molecule has 0 N–H and O–H groups in total. The lowest BCUT2D eigenvalue weighted by molar-refractivity contribution is -0.384. The minimum absolute atomic E-state index is 0.0176. The second-order valence-electron chi connectivity index (χ2n) is 5.54. The summed E-state index contributed by atoms with van der Waals surface area (Å²) >= 11 is 5.87. The molecular formula is C18H12ClNO7. The Hall–Kier alpha value is -3.39. The lowest BCUT2D eigenvalue weighted by Crippen LogP contribution is -2.17. The van der Waals surface area contributed by atoms with E-state index in [0.29, 0.717) is 11.3 Å². The lowest BCUT2D eigenvalue weighted by atomic mass is 10.1. The van der Waals surface area contributed by atoms with Gasteiger partial charge in [-0.05, 0) is 30.7 Å². The lowest BCUT2D eigenvalue weighted by Gasteiger charge is -2.08. The van der Waals surface area contributed by atoms with E-state index in [1.807, 2.05) is 0 Å². The summed E-state index contributed by atoms with van der Waals surface area (Å²) in [6.45, 7) is 1.35. The molecule has 9 heteroatoms. The predicted octanol–water partition coefficient (Wildman–Crippen LogP) is 3.65. The summed E-state index contributed by atoms with van der Waals surface area (Å²) < 4.78 is 15.5. The first-order valence-corrected chi connectivity index (χ1v) is 8.03. The van der Waals surface area contributed by atoms with Gasteiger partial charge in [-0.25, -0.2) is 9.59 Å². The van der Waals surface area contributed by atoms with Crippen LogP contribution in [0.2, 0.25) is 5.02 Å². The summed E-state index contributed by atoms with van der Waals surface area (Å²) in [5, 5.41) is 11.4. The molecule has 0 saturated heterocycles. The average molecular weight is 390 g/mol. The normalized spacial score (nSPS) is 10.6. The molecule has 8 nitrogen and oxygen atoms in total. The Morgan fingerprint density at radius 3 is 2.70 bits per heavy atom. The van der Waals surface area contributed by atoms with E-state index in [1.165, 1.54) is 24.3 Å². The van der Waals surface area contributed by atoms with Gasteiger partial charge in [0.25, 0.3) is 5.69 Å². The van der Waals surface area contributed by atoms with E-state index in [0.717, 1.165) is 17.0 Å². The number of nitro benzene ring substituents is 1. The van der Waals surface area contributed by atoms with E-state index in [4.69, 9.17) is 25.5 Å². The Labute approximate surface area is 157 Å². The Balaban J connectivity index is 1.68. The quantitative estimate of drug-likeness (QED) is 0.215. The summed E-state index contributed by atoms with van der Waals surface area (Å²) in [6.07, 6.45) is 0. The van der Waals surface area contributed by atoms with Crippen LogP contribution in [0.1, 0.15) is 5.56 Å². The maximum atomic E-state index is 11.9. The molecule has 2 aromatic carbocycles. The van der Waals surface area contributed by atoms with Gasteiger partial charge < -0.3 is 13.9 Å². The fourth-order valence-corrected chi connectivity index (χ4v) is 2.59. The van der Waals surface area contributed by atoms with Crippen molar-refractivity contribution in [1.82, 2.24) is 0 Å². The number of benzene rings is 2. The summed E-state index contributed by atoms with van der Waals surface area (Å²) in [4.78, 5) is 33.4. The topological polar surface area (TPSA) is 109 Å². The molecule has 0 aliphatic heterocycles. The highest BCUT2D eigenvalue weighted by Crippen LogP contribution is 2.29. The van der Waals surface area contributed by atoms with E-state index in [1.54, 1.807) is 19.1 Å². The SMILES string of the molecule is Cc1cc(=O)oc2cc(OCC(=O)Oc3ccc([N+](=O)[O-])cc3Cl)ccc12. The van der Waals surface area contributed by atoms with E-state index >= 15 is 0 Å². The zero-order valence-corrected chi connectivity index (χ0v) is 14.7. The van der Waals surface area contributed by atoms with Crippen molar-refractivity contribution in [2.45, 2.75) is 6.92 Å². The maximum Gasteiger partial charge on any atom is 0.349 e. The molecule has 0 atom stereocenters. The molecule has 0 radical (unpaired) electrons. The van der Waals surface area contributed by atoms with Crippen molar-refractivity contribution in [2.75, 3.05) is 6.61 Å². The van der Waals surface area contributed by atoms with E-state index < -0.39 is 23.1 Å². The van der Waals surface area contributed by atoms with Crippen LogP contribution in [0.25, 0.3) is 11.0 Å². The van der Waals surface area contributed by atoms with Crippen molar-refractivity contribution in [3.8, 4) is 11.5 Å². The number of hydrogen-bond donors (Lipinski definition) is 0. The summed E-state index contributed by atoms with van der Waals surface area (Å²) in [6, 6.07) is 9.69. The van der Waals surface area contributed by atoms with Gasteiger partial charge in [-0.15, -0.1) is 0 Å². The summed E-state index contributed by atoms with van der Waals surface area (Å²) in [5.41, 5.74) is 0.401. The van der Waals surface area contributed by atoms with Crippen molar-refractivity contribution in [3.05, 3.63) is 73.6 Å². The number of carbonyl (C=O) groups is 1. The van der Waals surface area contributed by atoms with Gasteiger partial charge in [0.2, 0.25) is 0 Å². The monoisotopic (exact) mass is 389 g/mol. The number of non-ortho nitro benzene ring substituents is 1. The van der Waals surface area contributed by atoms with Gasteiger partial charge in [0.05, 0.1) is 9.95 Å². The third kappa shape index (κ3) is 4.24. The van der Waals surface area contributed by atoms with Crippen molar-refractivity contribution >= 4 is 34.2 Å². The smallest absolute Gasteiger partial charge is 0.349 e. The molecule has 0 saturated carbocycles. The van der Waals surface area contributed by atoms with Crippen LogP contribution in [0.15, 0.2) is 51.7 Å². The molecule has 3 aromatic rings. The standard InChI is InChI=1S/C18H12ClNO7/c1-10-6-17(21)27-16-8-12(3-4-13(10)16)25-9-18(22)26-15-5-2-11(20(23)24)7-14(15)19/h2-8H,9H2,1H3. The van der Waals surface area contributed by atoms with Crippen LogP contribution in [0.5, 0.6) is 11.5 Å². The van der Waals surface area contributed by atoms with Crippen LogP contribution in [0.4, 0.5) is 5.69 Å². The third-order valence-electron chi connectivity index (χ3n) is 3.63. The van der Waals surface area contributed by atoms with Gasteiger partial charge in [0.15, 0.2) is 6.61 Å². The Bertz CT molecular complexity index is 1110. The first-order chi connectivity index (χ1) is 12.8. The molecule has 3 rings (SSSR count). The molecule has 0 unspecified atom stereocenters. The van der Waals surface area contributed by atoms with Crippen molar-refractivity contribution in [2.24, 2.45) is 0 Å². The highest BCUT2D eigenvalue weighted by atomic mass is 35.5. The number of hydrogen-bond acceptors (Lipinski definition) is 7. The summed E-state index contributed by atoms with van der Waals surface area (Å²) in [5.74, 6) is -0.462. The number of aryl methyl sites for hydroxylation is 1. The van der Waals surface area contributed by atoms with E-state index in [9.17, 15) is 19.7 Å². The van der Waals surface area contributed by atoms with Crippen LogP contribution in [0, 0.1) is 17.0 Å². The number of rotatable bonds is 5. The van der Waals surface area contributed by atoms with Crippen molar-refractivity contribution in [1.29, 1.82) is 0 Å². The molecule has 27 heavy (non-hydrogen) atoms. The zero-order valence-electron chi connectivity index (χ0n) is 13.9. The molecular weight excluding hydrogens is 378 g/mol. The third-order valence-corrected chi connectivity index (χ3v) is 3.92. The number of esters is 1. The second kappa shape index (κ2) is 7.46. The van der Waals surface area contributed by atoms with E-state index in [2.05, 4.69) is 0 Å². The fourth-order valence-electron chi connectivity index (χ4n) is 2.38. The van der Waals surface area contributed by atoms with Gasteiger partial charge in [-0.3, -0.25) is 10.1 Å². The number of nitro groups is 1. The zero-order chi connectivity index (χ0) is 19.6. The average Bonchev–Trinajstić information content (AvgIpc) is 2.61. The van der Waals surface area contributed by atoms with Crippen LogP contribution in [-0.2, 0) is 4.79 Å². The first-order valence-electron chi connectivity index (χ1n) is 7.65. The first kappa shape index (κ1) is 18.4. The van der Waals surface area contributed by atoms with Gasteiger partial charge in [-0.2, -0.15) is 0 Å². The largest absolute Gasteiger partial charge is 0.482 e. The fraction of sp³-hybridized carbons (Fsp3) is 0.111. The molecule has 1 aromatic heterocycles. The van der Waals surface area contributed by atoms with Crippen LogP contribution < -0.4 is 15.1 Å². The molecule has 138 valence electrons. The molecule has 0 aliphatic carbocycles. The van der Waals surface area contributed by atoms with Crippen LogP contribution >= 0.6 is 11.6 Å². The Kier molecular flexibility index (Phi) is 5.09. The molecule has 1 heterocycles. The van der Waals surface area contributed by atoms with Gasteiger partial charge in [-0.1, -0.05) is 11.6 Å². The van der Waals surface area contributed by atoms with Crippen molar-refractivity contribution in [3.63, 3.8) is 0 Å². The maximum absolute atomic E-state index is 11.9. The Morgan fingerprint density at radius 2 is 2.00 bits per heavy atom. The number of halogens is 1. The number of carbonyl (C=O) groups excluding carboxylic acids is 1.